The molecule has 7 rings (SSSR count). The van der Waals surface area contributed by atoms with Crippen LogP contribution < -0.4 is 10.6 Å². The van der Waals surface area contributed by atoms with Gasteiger partial charge in [0.15, 0.2) is 11.6 Å². The Bertz CT molecular complexity index is 1950. The molecule has 0 atom stereocenters. The number of piperidine rings is 1. The number of anilines is 1. The summed E-state index contributed by atoms with van der Waals surface area (Å²) in [6.07, 6.45) is 7.78. The first-order valence-corrected chi connectivity index (χ1v) is 14.7. The first-order valence-electron chi connectivity index (χ1n) is 13.9. The van der Waals surface area contributed by atoms with E-state index in [0.29, 0.717) is 39.9 Å². The molecule has 1 aliphatic rings. The Morgan fingerprint density at radius 3 is 2.71 bits per heavy atom. The molecule has 1 aromatic carbocycles. The number of hydrogen-bond acceptors (Lipinski definition) is 8. The number of benzene rings is 1. The molecule has 0 radical (unpaired) electrons. The Morgan fingerprint density at radius 1 is 1.00 bits per heavy atom. The molecule has 1 aliphatic heterocycles. The number of hydrogen-bond donors (Lipinski definition) is 4. The molecule has 1 fully saturated rings. The molecular weight excluding hydrogens is 548 g/mol. The number of Topliss-reactive ketones (excluding diaryl/α,β-unsaturated/α-hetero) is 1. The molecular formula is C31H28N8O2S. The summed E-state index contributed by atoms with van der Waals surface area (Å²) in [5.74, 6) is 1.08. The van der Waals surface area contributed by atoms with E-state index in [-0.39, 0.29) is 11.7 Å². The zero-order valence-electron chi connectivity index (χ0n) is 22.9. The van der Waals surface area contributed by atoms with Crippen LogP contribution in [0.5, 0.6) is 0 Å². The van der Waals surface area contributed by atoms with Gasteiger partial charge >= 0.3 is 0 Å². The van der Waals surface area contributed by atoms with Crippen molar-refractivity contribution in [3.63, 3.8) is 0 Å². The van der Waals surface area contributed by atoms with E-state index in [9.17, 15) is 9.59 Å². The average molecular weight is 577 g/mol. The second kappa shape index (κ2) is 10.9. The zero-order chi connectivity index (χ0) is 28.6. The molecule has 11 heteroatoms. The van der Waals surface area contributed by atoms with Crippen molar-refractivity contribution in [1.82, 2.24) is 35.5 Å². The summed E-state index contributed by atoms with van der Waals surface area (Å²) in [5.41, 5.74) is 6.34. The summed E-state index contributed by atoms with van der Waals surface area (Å²) in [6, 6.07) is 13.6. The number of imidazole rings is 1. The molecule has 6 heterocycles. The van der Waals surface area contributed by atoms with E-state index >= 15 is 0 Å². The zero-order valence-corrected chi connectivity index (χ0v) is 23.7. The van der Waals surface area contributed by atoms with Gasteiger partial charge in [-0.3, -0.25) is 24.7 Å². The van der Waals surface area contributed by atoms with Crippen molar-refractivity contribution in [2.75, 3.05) is 18.4 Å². The van der Waals surface area contributed by atoms with Crippen LogP contribution >= 0.6 is 11.3 Å². The quantitative estimate of drug-likeness (QED) is 0.175. The van der Waals surface area contributed by atoms with E-state index in [1.54, 1.807) is 25.5 Å². The first-order chi connectivity index (χ1) is 20.5. The highest BCUT2D eigenvalue weighted by Gasteiger charge is 2.19. The predicted molar refractivity (Wildman–Crippen MR) is 164 cm³/mol. The highest BCUT2D eigenvalue weighted by molar-refractivity contribution is 7.17. The third-order valence-corrected chi connectivity index (χ3v) is 8.86. The summed E-state index contributed by atoms with van der Waals surface area (Å²) in [7, 11) is 0. The largest absolute Gasteiger partial charge is 0.336 e. The van der Waals surface area contributed by atoms with Gasteiger partial charge < -0.3 is 15.6 Å². The maximum Gasteiger partial charge on any atom is 0.224 e. The van der Waals surface area contributed by atoms with Crippen molar-refractivity contribution < 1.29 is 9.59 Å². The number of carbonyl (C=O) groups excluding carboxylic acids is 2. The maximum atomic E-state index is 12.7. The summed E-state index contributed by atoms with van der Waals surface area (Å²) >= 11 is 1.41. The van der Waals surface area contributed by atoms with Crippen molar-refractivity contribution in [3.05, 3.63) is 65.9 Å². The van der Waals surface area contributed by atoms with Crippen molar-refractivity contribution in [2.45, 2.75) is 26.2 Å². The van der Waals surface area contributed by atoms with Crippen LogP contribution in [0.4, 0.5) is 5.69 Å². The minimum Gasteiger partial charge on any atom is -0.336 e. The molecule has 1 amide bonds. The summed E-state index contributed by atoms with van der Waals surface area (Å²) in [5, 5.41) is 15.0. The second-order valence-electron chi connectivity index (χ2n) is 10.6. The van der Waals surface area contributed by atoms with Crippen LogP contribution in [0.3, 0.4) is 0 Å². The molecule has 42 heavy (non-hydrogen) atoms. The molecule has 0 bridgehead atoms. The van der Waals surface area contributed by atoms with Crippen molar-refractivity contribution in [3.8, 4) is 33.2 Å². The van der Waals surface area contributed by atoms with Gasteiger partial charge in [0.2, 0.25) is 5.91 Å². The third-order valence-electron chi connectivity index (χ3n) is 7.66. The molecule has 0 aliphatic carbocycles. The van der Waals surface area contributed by atoms with E-state index in [1.165, 1.54) is 11.3 Å². The van der Waals surface area contributed by atoms with E-state index < -0.39 is 0 Å². The Hall–Kier alpha value is -4.74. The number of amides is 1. The average Bonchev–Trinajstić information content (AvgIpc) is 3.75. The number of nitrogens with zero attached hydrogens (tertiary/aromatic N) is 4. The van der Waals surface area contributed by atoms with Gasteiger partial charge in [-0.2, -0.15) is 5.10 Å². The fourth-order valence-electron chi connectivity index (χ4n) is 5.48. The Kier molecular flexibility index (Phi) is 6.80. The van der Waals surface area contributed by atoms with Crippen LogP contribution in [0, 0.1) is 5.92 Å². The van der Waals surface area contributed by atoms with E-state index in [4.69, 9.17) is 4.98 Å². The number of H-pyrrole nitrogens is 2. The van der Waals surface area contributed by atoms with Gasteiger partial charge in [0.25, 0.3) is 0 Å². The third kappa shape index (κ3) is 5.08. The SMILES string of the molecule is CC(=O)c1ccc(-c2nccc3[nH]c(-c4n[nH]c5ccc(-c6cncc(NC(=O)CC7CCNCC7)c6)cc45)nc23)s1. The number of carbonyl (C=O) groups is 2. The van der Waals surface area contributed by atoms with E-state index in [1.807, 2.05) is 36.4 Å². The van der Waals surface area contributed by atoms with Crippen LogP contribution in [0.25, 0.3) is 55.2 Å². The molecule has 1 saturated heterocycles. The number of aromatic nitrogens is 6. The number of ketones is 1. The van der Waals surface area contributed by atoms with Gasteiger partial charge in [-0.15, -0.1) is 11.3 Å². The summed E-state index contributed by atoms with van der Waals surface area (Å²) in [6.45, 7) is 3.50. The van der Waals surface area contributed by atoms with Crippen LogP contribution in [-0.4, -0.2) is 54.9 Å². The van der Waals surface area contributed by atoms with Crippen molar-refractivity contribution in [1.29, 1.82) is 0 Å². The van der Waals surface area contributed by atoms with Crippen molar-refractivity contribution in [2.24, 2.45) is 5.92 Å². The predicted octanol–water partition coefficient (Wildman–Crippen LogP) is 5.82. The molecule has 0 saturated carbocycles. The Labute approximate surface area is 245 Å². The van der Waals surface area contributed by atoms with Crippen LogP contribution in [0.15, 0.2) is 61.1 Å². The molecule has 6 aromatic rings. The highest BCUT2D eigenvalue weighted by Crippen LogP contribution is 2.35. The lowest BCUT2D eigenvalue weighted by molar-refractivity contribution is -0.117. The summed E-state index contributed by atoms with van der Waals surface area (Å²) < 4.78 is 0. The topological polar surface area (TPSA) is 141 Å². The molecule has 5 aromatic heterocycles. The number of aromatic amines is 2. The highest BCUT2D eigenvalue weighted by atomic mass is 32.1. The van der Waals surface area contributed by atoms with E-state index in [2.05, 4.69) is 41.8 Å². The van der Waals surface area contributed by atoms with Crippen LogP contribution in [0.1, 0.15) is 35.9 Å². The maximum absolute atomic E-state index is 12.7. The molecule has 10 nitrogen and oxygen atoms in total. The molecule has 0 spiro atoms. The number of nitrogens with one attached hydrogen (secondary N) is 4. The lowest BCUT2D eigenvalue weighted by atomic mass is 9.94. The van der Waals surface area contributed by atoms with Crippen molar-refractivity contribution >= 4 is 50.7 Å². The van der Waals surface area contributed by atoms with Crippen LogP contribution in [-0.2, 0) is 4.79 Å². The fourth-order valence-corrected chi connectivity index (χ4v) is 6.38. The van der Waals surface area contributed by atoms with Gasteiger partial charge in [-0.1, -0.05) is 6.07 Å². The monoisotopic (exact) mass is 576 g/mol. The smallest absolute Gasteiger partial charge is 0.224 e. The van der Waals surface area contributed by atoms with Gasteiger partial charge in [0.1, 0.15) is 16.9 Å². The minimum atomic E-state index is 0.0206. The molecule has 4 N–H and O–H groups in total. The second-order valence-corrected chi connectivity index (χ2v) is 11.7. The molecule has 0 unspecified atom stereocenters. The lowest BCUT2D eigenvalue weighted by Gasteiger charge is -2.21. The first kappa shape index (κ1) is 26.2. The number of fused-ring (bicyclic) bond motifs is 2. The lowest BCUT2D eigenvalue weighted by Crippen LogP contribution is -2.30. The van der Waals surface area contributed by atoms with Gasteiger partial charge in [-0.05, 0) is 80.7 Å². The standard InChI is InChI=1S/C31H28N8O2S/c1-17(40)25-4-5-26(42-25)30-29-24(8-11-34-30)36-31(37-29)28-22-14-19(2-3-23(22)38-39-28)20-13-21(16-33-15-20)35-27(41)12-18-6-9-32-10-7-18/h2-5,8,11,13-16,18,32H,6-7,9-10,12H2,1H3,(H,35,41)(H,36,37)(H,38,39). The number of rotatable bonds is 7. The van der Waals surface area contributed by atoms with Gasteiger partial charge in [-0.25, -0.2) is 4.98 Å². The summed E-state index contributed by atoms with van der Waals surface area (Å²) in [4.78, 5) is 43.3. The molecule has 210 valence electrons. The van der Waals surface area contributed by atoms with E-state index in [0.717, 1.165) is 64.0 Å². The fraction of sp³-hybridized carbons (Fsp3) is 0.226. The Morgan fingerprint density at radius 2 is 1.88 bits per heavy atom. The Balaban J connectivity index is 1.19. The van der Waals surface area contributed by atoms with Gasteiger partial charge in [0.05, 0.1) is 32.7 Å². The number of pyridine rings is 2. The minimum absolute atomic E-state index is 0.0206. The number of thiophene rings is 1. The van der Waals surface area contributed by atoms with Gasteiger partial charge in [0, 0.05) is 29.8 Å². The normalized spacial score (nSPS) is 14.0. The van der Waals surface area contributed by atoms with Crippen LogP contribution in [0.2, 0.25) is 0 Å².